The van der Waals surface area contributed by atoms with Crippen molar-refractivity contribution >= 4 is 28.9 Å². The number of benzene rings is 2. The lowest BCUT2D eigenvalue weighted by Gasteiger charge is -2.30. The molecule has 0 aromatic heterocycles. The number of hydrogen-bond acceptors (Lipinski definition) is 6. The zero-order chi connectivity index (χ0) is 21.5. The lowest BCUT2D eigenvalue weighted by atomic mass is 10.1. The Morgan fingerprint density at radius 3 is 2.50 bits per heavy atom. The van der Waals surface area contributed by atoms with Crippen LogP contribution in [0.1, 0.15) is 15.9 Å². The first-order chi connectivity index (χ1) is 14.5. The Morgan fingerprint density at radius 1 is 1.07 bits per heavy atom. The highest BCUT2D eigenvalue weighted by Gasteiger charge is 2.16. The highest BCUT2D eigenvalue weighted by molar-refractivity contribution is 6.05. The molecule has 1 saturated heterocycles. The van der Waals surface area contributed by atoms with Gasteiger partial charge in [-0.1, -0.05) is 0 Å². The Labute approximate surface area is 176 Å². The summed E-state index contributed by atoms with van der Waals surface area (Å²) in [5.41, 5.74) is 3.71. The van der Waals surface area contributed by atoms with Crippen LogP contribution in [0, 0.1) is 6.92 Å². The van der Waals surface area contributed by atoms with Gasteiger partial charge in [-0.2, -0.15) is 0 Å². The van der Waals surface area contributed by atoms with Crippen LogP contribution in [0.25, 0.3) is 0 Å². The summed E-state index contributed by atoms with van der Waals surface area (Å²) in [6.45, 7) is 5.03. The van der Waals surface area contributed by atoms with Crippen molar-refractivity contribution in [2.75, 3.05) is 62.7 Å². The molecular formula is C22H27N3O5. The van der Waals surface area contributed by atoms with Gasteiger partial charge in [0, 0.05) is 37.1 Å². The van der Waals surface area contributed by atoms with Gasteiger partial charge in [-0.05, 0) is 48.9 Å². The number of ether oxygens (including phenoxy) is 3. The van der Waals surface area contributed by atoms with E-state index in [2.05, 4.69) is 15.5 Å². The van der Waals surface area contributed by atoms with Crippen molar-refractivity contribution in [3.05, 3.63) is 47.5 Å². The van der Waals surface area contributed by atoms with E-state index in [4.69, 9.17) is 14.2 Å². The molecule has 0 atom stereocenters. The SMILES string of the molecule is COCC(=O)Nc1cc(NC(=O)c2ccc(N3CCOCC3)c(C)c2)ccc1OC. The van der Waals surface area contributed by atoms with Crippen molar-refractivity contribution in [2.24, 2.45) is 0 Å². The predicted octanol–water partition coefficient (Wildman–Crippen LogP) is 2.68. The maximum absolute atomic E-state index is 12.8. The molecule has 0 radical (unpaired) electrons. The van der Waals surface area contributed by atoms with E-state index in [0.29, 0.717) is 35.9 Å². The predicted molar refractivity (Wildman–Crippen MR) is 116 cm³/mol. The Kier molecular flexibility index (Phi) is 7.26. The van der Waals surface area contributed by atoms with E-state index in [1.54, 1.807) is 18.2 Å². The van der Waals surface area contributed by atoms with E-state index < -0.39 is 0 Å². The van der Waals surface area contributed by atoms with E-state index in [1.165, 1.54) is 14.2 Å². The molecule has 0 saturated carbocycles. The monoisotopic (exact) mass is 413 g/mol. The molecule has 2 amide bonds. The fourth-order valence-corrected chi connectivity index (χ4v) is 3.36. The molecule has 1 fully saturated rings. The molecule has 0 spiro atoms. The summed E-state index contributed by atoms with van der Waals surface area (Å²) in [6, 6.07) is 10.7. The minimum atomic E-state index is -0.311. The molecule has 1 heterocycles. The number of nitrogens with zero attached hydrogens (tertiary/aromatic N) is 1. The summed E-state index contributed by atoms with van der Waals surface area (Å²) in [4.78, 5) is 26.9. The van der Waals surface area contributed by atoms with Crippen LogP contribution in [0.2, 0.25) is 0 Å². The van der Waals surface area contributed by atoms with Gasteiger partial charge in [0.1, 0.15) is 12.4 Å². The fourth-order valence-electron chi connectivity index (χ4n) is 3.36. The number of nitrogens with one attached hydrogen (secondary N) is 2. The van der Waals surface area contributed by atoms with E-state index >= 15 is 0 Å². The molecule has 1 aliphatic heterocycles. The molecule has 2 aromatic carbocycles. The Bertz CT molecular complexity index is 910. The Hall–Kier alpha value is -3.10. The number of hydrogen-bond donors (Lipinski definition) is 2. The van der Waals surface area contributed by atoms with E-state index in [-0.39, 0.29) is 18.4 Å². The zero-order valence-corrected chi connectivity index (χ0v) is 17.5. The first-order valence-electron chi connectivity index (χ1n) is 9.73. The van der Waals surface area contributed by atoms with Gasteiger partial charge in [-0.25, -0.2) is 0 Å². The van der Waals surface area contributed by atoms with Crippen molar-refractivity contribution in [2.45, 2.75) is 6.92 Å². The third-order valence-corrected chi connectivity index (χ3v) is 4.82. The maximum atomic E-state index is 12.8. The highest BCUT2D eigenvalue weighted by Crippen LogP contribution is 2.28. The number of carbonyl (C=O) groups excluding carboxylic acids is 2. The van der Waals surface area contributed by atoms with Crippen LogP contribution in [-0.4, -0.2) is 58.9 Å². The van der Waals surface area contributed by atoms with Gasteiger partial charge in [0.2, 0.25) is 5.91 Å². The van der Waals surface area contributed by atoms with Crippen molar-refractivity contribution in [3.63, 3.8) is 0 Å². The van der Waals surface area contributed by atoms with Crippen LogP contribution in [-0.2, 0) is 14.3 Å². The van der Waals surface area contributed by atoms with E-state index in [9.17, 15) is 9.59 Å². The van der Waals surface area contributed by atoms with Crippen molar-refractivity contribution in [1.82, 2.24) is 0 Å². The van der Waals surface area contributed by atoms with Gasteiger partial charge in [-0.3, -0.25) is 9.59 Å². The normalized spacial score (nSPS) is 13.6. The highest BCUT2D eigenvalue weighted by atomic mass is 16.5. The molecule has 0 aliphatic carbocycles. The summed E-state index contributed by atoms with van der Waals surface area (Å²) < 4.78 is 15.5. The second-order valence-corrected chi connectivity index (χ2v) is 6.95. The molecule has 2 aromatic rings. The van der Waals surface area contributed by atoms with Crippen LogP contribution >= 0.6 is 0 Å². The van der Waals surface area contributed by atoms with Crippen LogP contribution in [0.4, 0.5) is 17.1 Å². The van der Waals surface area contributed by atoms with Gasteiger partial charge >= 0.3 is 0 Å². The Morgan fingerprint density at radius 2 is 1.83 bits per heavy atom. The summed E-state index contributed by atoms with van der Waals surface area (Å²) in [5, 5.41) is 5.58. The van der Waals surface area contributed by atoms with Gasteiger partial charge in [0.05, 0.1) is 26.0 Å². The first kappa shape index (κ1) is 21.6. The van der Waals surface area contributed by atoms with Crippen LogP contribution in [0.3, 0.4) is 0 Å². The van der Waals surface area contributed by atoms with Gasteiger partial charge in [0.25, 0.3) is 5.91 Å². The van der Waals surface area contributed by atoms with Crippen molar-refractivity contribution in [3.8, 4) is 5.75 Å². The van der Waals surface area contributed by atoms with Gasteiger partial charge in [0.15, 0.2) is 0 Å². The molecule has 8 heteroatoms. The fraction of sp³-hybridized carbons (Fsp3) is 0.364. The topological polar surface area (TPSA) is 89.1 Å². The molecule has 2 N–H and O–H groups in total. The average Bonchev–Trinajstić information content (AvgIpc) is 2.74. The minimum Gasteiger partial charge on any atom is -0.495 e. The molecule has 3 rings (SSSR count). The summed E-state index contributed by atoms with van der Waals surface area (Å²) in [6.07, 6.45) is 0. The molecular weight excluding hydrogens is 386 g/mol. The van der Waals surface area contributed by atoms with Gasteiger partial charge < -0.3 is 29.7 Å². The smallest absolute Gasteiger partial charge is 0.255 e. The van der Waals surface area contributed by atoms with E-state index in [0.717, 1.165) is 24.3 Å². The van der Waals surface area contributed by atoms with Crippen molar-refractivity contribution in [1.29, 1.82) is 0 Å². The van der Waals surface area contributed by atoms with E-state index in [1.807, 2.05) is 25.1 Å². The largest absolute Gasteiger partial charge is 0.495 e. The molecule has 8 nitrogen and oxygen atoms in total. The van der Waals surface area contributed by atoms with Crippen LogP contribution < -0.4 is 20.3 Å². The number of amides is 2. The summed E-state index contributed by atoms with van der Waals surface area (Å²) in [7, 11) is 2.96. The molecule has 30 heavy (non-hydrogen) atoms. The van der Waals surface area contributed by atoms with Crippen molar-refractivity contribution < 1.29 is 23.8 Å². The number of rotatable bonds is 7. The average molecular weight is 413 g/mol. The maximum Gasteiger partial charge on any atom is 0.255 e. The minimum absolute atomic E-state index is 0.0749. The number of carbonyl (C=O) groups is 2. The second-order valence-electron chi connectivity index (χ2n) is 6.95. The number of methoxy groups -OCH3 is 2. The third-order valence-electron chi connectivity index (χ3n) is 4.82. The number of morpholine rings is 1. The molecule has 0 unspecified atom stereocenters. The summed E-state index contributed by atoms with van der Waals surface area (Å²) >= 11 is 0. The quantitative estimate of drug-likeness (QED) is 0.726. The van der Waals surface area contributed by atoms with Gasteiger partial charge in [-0.15, -0.1) is 0 Å². The number of aryl methyl sites for hydroxylation is 1. The zero-order valence-electron chi connectivity index (χ0n) is 17.5. The molecule has 1 aliphatic rings. The number of anilines is 3. The first-order valence-corrected chi connectivity index (χ1v) is 9.73. The lowest BCUT2D eigenvalue weighted by Crippen LogP contribution is -2.36. The lowest BCUT2D eigenvalue weighted by molar-refractivity contribution is -0.119. The third kappa shape index (κ3) is 5.28. The van der Waals surface area contributed by atoms with Crippen LogP contribution in [0.5, 0.6) is 5.75 Å². The standard InChI is InChI=1S/C22H27N3O5/c1-15-12-16(4-6-19(15)25-8-10-30-11-9-25)22(27)23-17-5-7-20(29-3)18(13-17)24-21(26)14-28-2/h4-7,12-13H,8-11,14H2,1-3H3,(H,23,27)(H,24,26). The Balaban J connectivity index is 1.73. The molecule has 0 bridgehead atoms. The second kappa shape index (κ2) is 10.1. The van der Waals surface area contributed by atoms with Crippen LogP contribution in [0.15, 0.2) is 36.4 Å². The summed E-state index contributed by atoms with van der Waals surface area (Å²) in [5.74, 6) is -0.0530. The molecule has 160 valence electrons.